The van der Waals surface area contributed by atoms with Crippen LogP contribution in [-0.2, 0) is 11.3 Å². The van der Waals surface area contributed by atoms with Gasteiger partial charge in [-0.3, -0.25) is 4.79 Å². The lowest BCUT2D eigenvalue weighted by Crippen LogP contribution is -2.38. The topological polar surface area (TPSA) is 50.8 Å². The van der Waals surface area contributed by atoms with Gasteiger partial charge < -0.3 is 19.7 Å². The molecule has 1 aromatic rings. The van der Waals surface area contributed by atoms with Gasteiger partial charge in [0.05, 0.1) is 0 Å². The Morgan fingerprint density at radius 2 is 2.05 bits per heavy atom. The number of nitrogens with one attached hydrogen (secondary N) is 1. The minimum absolute atomic E-state index is 0.162. The molecular weight excluding hydrogens is 256 g/mol. The molecule has 2 aliphatic rings. The highest BCUT2D eigenvalue weighted by Crippen LogP contribution is 2.32. The predicted molar refractivity (Wildman–Crippen MR) is 74.6 cm³/mol. The molecule has 1 aromatic carbocycles. The van der Waals surface area contributed by atoms with E-state index < -0.39 is 0 Å². The van der Waals surface area contributed by atoms with E-state index in [4.69, 9.17) is 9.47 Å². The summed E-state index contributed by atoms with van der Waals surface area (Å²) in [6, 6.07) is 5.84. The summed E-state index contributed by atoms with van der Waals surface area (Å²) in [6.45, 7) is 2.77. The summed E-state index contributed by atoms with van der Waals surface area (Å²) in [7, 11) is 1.87. The zero-order valence-corrected chi connectivity index (χ0v) is 11.7. The van der Waals surface area contributed by atoms with Gasteiger partial charge in [0.25, 0.3) is 0 Å². The first-order chi connectivity index (χ1) is 9.74. The van der Waals surface area contributed by atoms with Crippen LogP contribution in [0.15, 0.2) is 18.2 Å². The van der Waals surface area contributed by atoms with Crippen LogP contribution in [0.3, 0.4) is 0 Å². The van der Waals surface area contributed by atoms with Gasteiger partial charge in [-0.05, 0) is 43.6 Å². The molecule has 1 amide bonds. The van der Waals surface area contributed by atoms with Gasteiger partial charge in [-0.25, -0.2) is 0 Å². The molecule has 5 nitrogen and oxygen atoms in total. The smallest absolute Gasteiger partial charge is 0.231 e. The molecule has 1 fully saturated rings. The molecule has 108 valence electrons. The number of rotatable bonds is 3. The van der Waals surface area contributed by atoms with Crippen LogP contribution in [0.25, 0.3) is 0 Å². The highest BCUT2D eigenvalue weighted by atomic mass is 16.7. The molecule has 20 heavy (non-hydrogen) atoms. The molecule has 2 aliphatic heterocycles. The first-order valence-corrected chi connectivity index (χ1v) is 7.08. The van der Waals surface area contributed by atoms with E-state index in [1.807, 2.05) is 30.1 Å². The van der Waals surface area contributed by atoms with E-state index >= 15 is 0 Å². The third-order valence-electron chi connectivity index (χ3n) is 3.92. The molecule has 2 heterocycles. The maximum Gasteiger partial charge on any atom is 0.231 e. The Morgan fingerprint density at radius 1 is 1.30 bits per heavy atom. The van der Waals surface area contributed by atoms with Crippen LogP contribution in [0.5, 0.6) is 11.5 Å². The van der Waals surface area contributed by atoms with Gasteiger partial charge in [-0.1, -0.05) is 6.07 Å². The average Bonchev–Trinajstić information content (AvgIpc) is 2.95. The number of benzene rings is 1. The molecule has 0 atom stereocenters. The number of amides is 1. The summed E-state index contributed by atoms with van der Waals surface area (Å²) in [5.74, 6) is 1.95. The second-order valence-corrected chi connectivity index (χ2v) is 5.41. The van der Waals surface area contributed by atoms with Crippen molar-refractivity contribution in [2.45, 2.75) is 19.4 Å². The van der Waals surface area contributed by atoms with Crippen molar-refractivity contribution < 1.29 is 14.3 Å². The average molecular weight is 276 g/mol. The Morgan fingerprint density at radius 3 is 2.85 bits per heavy atom. The molecule has 1 N–H and O–H groups in total. The number of carbonyl (C=O) groups is 1. The normalized spacial score (nSPS) is 18.1. The van der Waals surface area contributed by atoms with Gasteiger partial charge in [0, 0.05) is 19.5 Å². The van der Waals surface area contributed by atoms with Gasteiger partial charge in [-0.2, -0.15) is 0 Å². The van der Waals surface area contributed by atoms with Crippen LogP contribution in [0.2, 0.25) is 0 Å². The Hall–Kier alpha value is -1.75. The van der Waals surface area contributed by atoms with E-state index in [1.165, 1.54) is 0 Å². The van der Waals surface area contributed by atoms with Crippen molar-refractivity contribution >= 4 is 5.91 Å². The molecule has 5 heteroatoms. The van der Waals surface area contributed by atoms with Crippen LogP contribution in [0.4, 0.5) is 0 Å². The fourth-order valence-corrected chi connectivity index (χ4v) is 2.77. The molecule has 0 aromatic heterocycles. The van der Waals surface area contributed by atoms with E-state index in [9.17, 15) is 4.79 Å². The fraction of sp³-hybridized carbons (Fsp3) is 0.533. The molecule has 0 bridgehead atoms. The van der Waals surface area contributed by atoms with Gasteiger partial charge in [0.1, 0.15) is 0 Å². The number of carbonyl (C=O) groups excluding carboxylic acids is 1. The van der Waals surface area contributed by atoms with Gasteiger partial charge in [0.15, 0.2) is 11.5 Å². The second kappa shape index (κ2) is 5.71. The van der Waals surface area contributed by atoms with Gasteiger partial charge in [-0.15, -0.1) is 0 Å². The number of piperidine rings is 1. The number of nitrogens with zero attached hydrogens (tertiary/aromatic N) is 1. The summed E-state index contributed by atoms with van der Waals surface area (Å²) < 4.78 is 10.7. The quantitative estimate of drug-likeness (QED) is 0.906. The number of ether oxygens (including phenoxy) is 2. The summed E-state index contributed by atoms with van der Waals surface area (Å²) in [5, 5.41) is 3.29. The molecule has 1 saturated heterocycles. The summed E-state index contributed by atoms with van der Waals surface area (Å²) >= 11 is 0. The Bertz CT molecular complexity index is 498. The van der Waals surface area contributed by atoms with Crippen molar-refractivity contribution in [3.8, 4) is 11.5 Å². The maximum absolute atomic E-state index is 12.4. The third-order valence-corrected chi connectivity index (χ3v) is 3.92. The monoisotopic (exact) mass is 276 g/mol. The fourth-order valence-electron chi connectivity index (χ4n) is 2.77. The Labute approximate surface area is 118 Å². The lowest BCUT2D eigenvalue weighted by Gasteiger charge is -2.27. The van der Waals surface area contributed by atoms with Crippen molar-refractivity contribution in [2.24, 2.45) is 5.92 Å². The summed E-state index contributed by atoms with van der Waals surface area (Å²) in [5.41, 5.74) is 1.07. The molecule has 0 radical (unpaired) electrons. The van der Waals surface area contributed by atoms with Crippen LogP contribution in [-0.4, -0.2) is 37.7 Å². The van der Waals surface area contributed by atoms with Gasteiger partial charge >= 0.3 is 0 Å². The summed E-state index contributed by atoms with van der Waals surface area (Å²) in [6.07, 6.45) is 1.87. The van der Waals surface area contributed by atoms with E-state index in [1.54, 1.807) is 0 Å². The summed E-state index contributed by atoms with van der Waals surface area (Å²) in [4.78, 5) is 14.2. The SMILES string of the molecule is CN(Cc1ccc2c(c1)OCO2)C(=O)C1CCNCC1. The molecule has 0 spiro atoms. The lowest BCUT2D eigenvalue weighted by atomic mass is 9.96. The van der Waals surface area contributed by atoms with Crippen LogP contribution < -0.4 is 14.8 Å². The minimum atomic E-state index is 0.162. The first kappa shape index (κ1) is 13.2. The predicted octanol–water partition coefficient (Wildman–Crippen LogP) is 1.37. The maximum atomic E-state index is 12.4. The molecule has 0 unspecified atom stereocenters. The van der Waals surface area contributed by atoms with E-state index in [0.717, 1.165) is 43.0 Å². The van der Waals surface area contributed by atoms with E-state index in [2.05, 4.69) is 5.32 Å². The van der Waals surface area contributed by atoms with Crippen molar-refractivity contribution in [3.63, 3.8) is 0 Å². The molecule has 0 saturated carbocycles. The highest BCUT2D eigenvalue weighted by molar-refractivity contribution is 5.78. The van der Waals surface area contributed by atoms with Crippen molar-refractivity contribution in [3.05, 3.63) is 23.8 Å². The second-order valence-electron chi connectivity index (χ2n) is 5.41. The van der Waals surface area contributed by atoms with Crippen LogP contribution in [0, 0.1) is 5.92 Å². The molecule has 0 aliphatic carbocycles. The van der Waals surface area contributed by atoms with E-state index in [0.29, 0.717) is 6.54 Å². The highest BCUT2D eigenvalue weighted by Gasteiger charge is 2.24. The third kappa shape index (κ3) is 2.72. The van der Waals surface area contributed by atoms with Crippen LogP contribution in [0.1, 0.15) is 18.4 Å². The zero-order valence-electron chi connectivity index (χ0n) is 11.7. The van der Waals surface area contributed by atoms with Crippen LogP contribution >= 0.6 is 0 Å². The first-order valence-electron chi connectivity index (χ1n) is 7.08. The Kier molecular flexibility index (Phi) is 3.78. The molecule has 3 rings (SSSR count). The zero-order chi connectivity index (χ0) is 13.9. The van der Waals surface area contributed by atoms with Crippen molar-refractivity contribution in [2.75, 3.05) is 26.9 Å². The Balaban J connectivity index is 1.63. The van der Waals surface area contributed by atoms with Crippen molar-refractivity contribution in [1.82, 2.24) is 10.2 Å². The number of hydrogen-bond acceptors (Lipinski definition) is 4. The van der Waals surface area contributed by atoms with Gasteiger partial charge in [0.2, 0.25) is 12.7 Å². The molecular formula is C15H20N2O3. The minimum Gasteiger partial charge on any atom is -0.454 e. The van der Waals surface area contributed by atoms with Crippen molar-refractivity contribution in [1.29, 1.82) is 0 Å². The number of fused-ring (bicyclic) bond motifs is 1. The largest absolute Gasteiger partial charge is 0.454 e. The lowest BCUT2D eigenvalue weighted by molar-refractivity contribution is -0.135. The number of hydrogen-bond donors (Lipinski definition) is 1. The standard InChI is InChI=1S/C15H20N2O3/c1-17(15(18)12-4-6-16-7-5-12)9-11-2-3-13-14(8-11)20-10-19-13/h2-3,8,12,16H,4-7,9-10H2,1H3. The van der Waals surface area contributed by atoms with E-state index in [-0.39, 0.29) is 18.6 Å².